The average molecular weight is 195 g/mol. The molecule has 0 heterocycles. The van der Waals surface area contributed by atoms with Crippen LogP contribution in [0.3, 0.4) is 0 Å². The second kappa shape index (κ2) is 4.74. The standard InChI is InChI=1S/C11H17NO2/c1-8(2)7-14-9-4-5-11(13-3)10(12)6-9/h4-6,8H,7,12H2,1-3H3. The monoisotopic (exact) mass is 195 g/mol. The molecule has 0 fully saturated rings. The van der Waals surface area contributed by atoms with Gasteiger partial charge in [-0.05, 0) is 18.1 Å². The Bertz CT molecular complexity index is 297. The number of rotatable bonds is 4. The summed E-state index contributed by atoms with van der Waals surface area (Å²) in [5, 5.41) is 0. The van der Waals surface area contributed by atoms with Gasteiger partial charge in [-0.15, -0.1) is 0 Å². The molecule has 0 saturated carbocycles. The Morgan fingerprint density at radius 3 is 2.57 bits per heavy atom. The molecule has 3 heteroatoms. The quantitative estimate of drug-likeness (QED) is 0.750. The summed E-state index contributed by atoms with van der Waals surface area (Å²) in [5.74, 6) is 1.98. The van der Waals surface area contributed by atoms with Crippen LogP contribution in [0.5, 0.6) is 11.5 Å². The van der Waals surface area contributed by atoms with Crippen LogP contribution in [-0.2, 0) is 0 Å². The van der Waals surface area contributed by atoms with E-state index in [1.807, 2.05) is 12.1 Å². The Kier molecular flexibility index (Phi) is 3.63. The molecule has 1 aromatic carbocycles. The fourth-order valence-electron chi connectivity index (χ4n) is 1.07. The number of nitrogens with two attached hydrogens (primary N) is 1. The van der Waals surface area contributed by atoms with E-state index in [0.29, 0.717) is 24.0 Å². The van der Waals surface area contributed by atoms with Gasteiger partial charge in [-0.2, -0.15) is 0 Å². The normalized spacial score (nSPS) is 10.3. The lowest BCUT2D eigenvalue weighted by Crippen LogP contribution is -2.04. The van der Waals surface area contributed by atoms with Gasteiger partial charge in [0.1, 0.15) is 11.5 Å². The minimum absolute atomic E-state index is 0.512. The van der Waals surface area contributed by atoms with Crippen molar-refractivity contribution in [2.75, 3.05) is 19.5 Å². The molecule has 0 spiro atoms. The van der Waals surface area contributed by atoms with Crippen molar-refractivity contribution < 1.29 is 9.47 Å². The highest BCUT2D eigenvalue weighted by atomic mass is 16.5. The van der Waals surface area contributed by atoms with E-state index in [-0.39, 0.29) is 0 Å². The molecule has 0 saturated heterocycles. The number of ether oxygens (including phenoxy) is 2. The second-order valence-corrected chi connectivity index (χ2v) is 3.61. The molecule has 0 aliphatic heterocycles. The number of nitrogen functional groups attached to an aromatic ring is 1. The summed E-state index contributed by atoms with van der Waals surface area (Å²) in [4.78, 5) is 0. The largest absolute Gasteiger partial charge is 0.495 e. The van der Waals surface area contributed by atoms with Gasteiger partial charge >= 0.3 is 0 Å². The third kappa shape index (κ3) is 2.83. The number of benzene rings is 1. The molecule has 0 bridgehead atoms. The zero-order valence-corrected chi connectivity index (χ0v) is 8.91. The van der Waals surface area contributed by atoms with Crippen molar-refractivity contribution in [3.63, 3.8) is 0 Å². The molecule has 78 valence electrons. The minimum atomic E-state index is 0.512. The molecule has 0 amide bonds. The summed E-state index contributed by atoms with van der Waals surface area (Å²) < 4.78 is 10.6. The van der Waals surface area contributed by atoms with Crippen molar-refractivity contribution >= 4 is 5.69 Å². The molecule has 0 unspecified atom stereocenters. The van der Waals surface area contributed by atoms with Gasteiger partial charge in [-0.3, -0.25) is 0 Å². The molecule has 2 N–H and O–H groups in total. The predicted molar refractivity (Wildman–Crippen MR) is 57.7 cm³/mol. The molecule has 0 radical (unpaired) electrons. The highest BCUT2D eigenvalue weighted by molar-refractivity contribution is 5.56. The number of hydrogen-bond donors (Lipinski definition) is 1. The first-order valence-electron chi connectivity index (χ1n) is 4.69. The van der Waals surface area contributed by atoms with Crippen molar-refractivity contribution in [1.29, 1.82) is 0 Å². The fourth-order valence-corrected chi connectivity index (χ4v) is 1.07. The zero-order valence-electron chi connectivity index (χ0n) is 8.91. The smallest absolute Gasteiger partial charge is 0.142 e. The Balaban J connectivity index is 2.66. The van der Waals surface area contributed by atoms with Crippen LogP contribution in [0.25, 0.3) is 0 Å². The van der Waals surface area contributed by atoms with E-state index in [9.17, 15) is 0 Å². The third-order valence-corrected chi connectivity index (χ3v) is 1.78. The number of hydrogen-bond acceptors (Lipinski definition) is 3. The first-order chi connectivity index (χ1) is 6.63. The third-order valence-electron chi connectivity index (χ3n) is 1.78. The highest BCUT2D eigenvalue weighted by Gasteiger charge is 2.02. The summed E-state index contributed by atoms with van der Waals surface area (Å²) in [5.41, 5.74) is 6.34. The maximum absolute atomic E-state index is 5.73. The van der Waals surface area contributed by atoms with Crippen molar-refractivity contribution in [2.24, 2.45) is 5.92 Å². The zero-order chi connectivity index (χ0) is 10.6. The van der Waals surface area contributed by atoms with Crippen LogP contribution in [0, 0.1) is 5.92 Å². The van der Waals surface area contributed by atoms with Crippen LogP contribution < -0.4 is 15.2 Å². The number of anilines is 1. The average Bonchev–Trinajstić information content (AvgIpc) is 2.15. The van der Waals surface area contributed by atoms with E-state index < -0.39 is 0 Å². The molecule has 1 rings (SSSR count). The minimum Gasteiger partial charge on any atom is -0.495 e. The SMILES string of the molecule is COc1ccc(OCC(C)C)cc1N. The fraction of sp³-hybridized carbons (Fsp3) is 0.455. The summed E-state index contributed by atoms with van der Waals surface area (Å²) in [6.45, 7) is 4.91. The topological polar surface area (TPSA) is 44.5 Å². The molecule has 0 atom stereocenters. The van der Waals surface area contributed by atoms with Gasteiger partial charge in [0.25, 0.3) is 0 Å². The van der Waals surface area contributed by atoms with E-state index in [1.54, 1.807) is 13.2 Å². The second-order valence-electron chi connectivity index (χ2n) is 3.61. The lowest BCUT2D eigenvalue weighted by molar-refractivity contribution is 0.271. The van der Waals surface area contributed by atoms with Crippen LogP contribution in [0.2, 0.25) is 0 Å². The maximum atomic E-state index is 5.73. The van der Waals surface area contributed by atoms with Crippen molar-refractivity contribution in [1.82, 2.24) is 0 Å². The van der Waals surface area contributed by atoms with E-state index in [0.717, 1.165) is 5.75 Å². The summed E-state index contributed by atoms with van der Waals surface area (Å²) >= 11 is 0. The molecule has 1 aromatic rings. The van der Waals surface area contributed by atoms with Gasteiger partial charge in [0.05, 0.1) is 19.4 Å². The molecule has 0 aliphatic rings. The Labute approximate surface area is 84.8 Å². The van der Waals surface area contributed by atoms with Gasteiger partial charge in [0, 0.05) is 6.07 Å². The summed E-state index contributed by atoms with van der Waals surface area (Å²) in [6.07, 6.45) is 0. The number of methoxy groups -OCH3 is 1. The van der Waals surface area contributed by atoms with Gasteiger partial charge in [0.15, 0.2) is 0 Å². The first kappa shape index (κ1) is 10.7. The lowest BCUT2D eigenvalue weighted by atomic mass is 10.2. The highest BCUT2D eigenvalue weighted by Crippen LogP contribution is 2.26. The van der Waals surface area contributed by atoms with E-state index in [1.165, 1.54) is 0 Å². The van der Waals surface area contributed by atoms with Crippen LogP contribution in [-0.4, -0.2) is 13.7 Å². The van der Waals surface area contributed by atoms with Gasteiger partial charge in [-0.25, -0.2) is 0 Å². The van der Waals surface area contributed by atoms with Crippen molar-refractivity contribution in [3.8, 4) is 11.5 Å². The van der Waals surface area contributed by atoms with Gasteiger partial charge < -0.3 is 15.2 Å². The molecule has 14 heavy (non-hydrogen) atoms. The molecule has 0 aliphatic carbocycles. The Hall–Kier alpha value is -1.38. The van der Waals surface area contributed by atoms with E-state index in [2.05, 4.69) is 13.8 Å². The summed E-state index contributed by atoms with van der Waals surface area (Å²) in [6, 6.07) is 5.45. The Morgan fingerprint density at radius 1 is 1.36 bits per heavy atom. The van der Waals surface area contributed by atoms with Gasteiger partial charge in [-0.1, -0.05) is 13.8 Å². The van der Waals surface area contributed by atoms with Crippen LogP contribution in [0.1, 0.15) is 13.8 Å². The first-order valence-corrected chi connectivity index (χ1v) is 4.69. The van der Waals surface area contributed by atoms with Gasteiger partial charge in [0.2, 0.25) is 0 Å². The van der Waals surface area contributed by atoms with E-state index in [4.69, 9.17) is 15.2 Å². The molecular weight excluding hydrogens is 178 g/mol. The van der Waals surface area contributed by atoms with Crippen LogP contribution in [0.15, 0.2) is 18.2 Å². The van der Waals surface area contributed by atoms with Crippen LogP contribution in [0.4, 0.5) is 5.69 Å². The maximum Gasteiger partial charge on any atom is 0.142 e. The molecular formula is C11H17NO2. The van der Waals surface area contributed by atoms with Crippen molar-refractivity contribution in [2.45, 2.75) is 13.8 Å². The summed E-state index contributed by atoms with van der Waals surface area (Å²) in [7, 11) is 1.60. The molecule has 3 nitrogen and oxygen atoms in total. The lowest BCUT2D eigenvalue weighted by Gasteiger charge is -2.10. The Morgan fingerprint density at radius 2 is 2.07 bits per heavy atom. The molecule has 0 aromatic heterocycles. The van der Waals surface area contributed by atoms with Crippen LogP contribution >= 0.6 is 0 Å². The van der Waals surface area contributed by atoms with E-state index >= 15 is 0 Å². The predicted octanol–water partition coefficient (Wildman–Crippen LogP) is 2.31. The van der Waals surface area contributed by atoms with Crippen molar-refractivity contribution in [3.05, 3.63) is 18.2 Å².